The Labute approximate surface area is 220 Å². The first-order valence-corrected chi connectivity index (χ1v) is 13.8. The van der Waals surface area contributed by atoms with Crippen LogP contribution in [0.2, 0.25) is 0 Å². The number of halogens is 3. The van der Waals surface area contributed by atoms with E-state index in [4.69, 9.17) is 4.98 Å². The predicted octanol–water partition coefficient (Wildman–Crippen LogP) is 4.50. The molecule has 0 N–H and O–H groups in total. The van der Waals surface area contributed by atoms with Gasteiger partial charge in [-0.1, -0.05) is 6.07 Å². The molecule has 0 spiro atoms. The van der Waals surface area contributed by atoms with Gasteiger partial charge in [0.2, 0.25) is 5.88 Å². The zero-order valence-corrected chi connectivity index (χ0v) is 22.2. The molecule has 0 amide bonds. The molecule has 8 nitrogen and oxygen atoms in total. The Kier molecular flexibility index (Phi) is 7.03. The van der Waals surface area contributed by atoms with Gasteiger partial charge in [0.1, 0.15) is 5.65 Å². The number of alkyl halides is 3. The van der Waals surface area contributed by atoms with Gasteiger partial charge >= 0.3 is 6.36 Å². The molecule has 0 radical (unpaired) electrons. The van der Waals surface area contributed by atoms with Crippen molar-refractivity contribution in [1.82, 2.24) is 29.2 Å². The molecule has 0 unspecified atom stereocenters. The minimum Gasteiger partial charge on any atom is -0.388 e. The second-order valence-electron chi connectivity index (χ2n) is 10.0. The first kappa shape index (κ1) is 26.4. The molecule has 4 aromatic rings. The third kappa shape index (κ3) is 5.75. The Hall–Kier alpha value is -3.25. The molecule has 0 aliphatic carbocycles. The van der Waals surface area contributed by atoms with E-state index in [2.05, 4.69) is 39.8 Å². The molecule has 5 rings (SSSR count). The summed E-state index contributed by atoms with van der Waals surface area (Å²) in [6, 6.07) is 7.93. The molecular formula is C26H29F3N6O2S. The number of fused-ring (bicyclic) bond motifs is 1. The maximum absolute atomic E-state index is 12.7. The molecule has 1 fully saturated rings. The van der Waals surface area contributed by atoms with Crippen LogP contribution in [0.4, 0.5) is 13.2 Å². The van der Waals surface area contributed by atoms with E-state index in [0.717, 1.165) is 48.6 Å². The number of pyridine rings is 2. The molecule has 1 aliphatic heterocycles. The number of ether oxygens (including phenoxy) is 1. The fourth-order valence-electron chi connectivity index (χ4n) is 4.82. The predicted molar refractivity (Wildman–Crippen MR) is 140 cm³/mol. The van der Waals surface area contributed by atoms with Gasteiger partial charge < -0.3 is 4.74 Å². The maximum Gasteiger partial charge on any atom is 0.574 e. The summed E-state index contributed by atoms with van der Waals surface area (Å²) >= 11 is 0. The lowest BCUT2D eigenvalue weighted by Gasteiger charge is -2.40. The van der Waals surface area contributed by atoms with Crippen LogP contribution in [0.25, 0.3) is 28.1 Å². The lowest BCUT2D eigenvalue weighted by Crippen LogP contribution is -2.50. The molecule has 4 aromatic heterocycles. The van der Waals surface area contributed by atoms with Crippen molar-refractivity contribution in [2.75, 3.05) is 24.6 Å². The fraction of sp³-hybridized carbons (Fsp3) is 0.423. The van der Waals surface area contributed by atoms with Crippen molar-refractivity contribution in [3.8, 4) is 23.0 Å². The average Bonchev–Trinajstić information content (AvgIpc) is 3.45. The molecule has 202 valence electrons. The Bertz CT molecular complexity index is 1470. The highest BCUT2D eigenvalue weighted by Gasteiger charge is 2.32. The van der Waals surface area contributed by atoms with Crippen molar-refractivity contribution in [3.63, 3.8) is 0 Å². The summed E-state index contributed by atoms with van der Waals surface area (Å²) in [5.41, 5.74) is 3.25. The quantitative estimate of drug-likeness (QED) is 0.340. The summed E-state index contributed by atoms with van der Waals surface area (Å²) in [7, 11) is 1.11. The summed E-state index contributed by atoms with van der Waals surface area (Å²) < 4.78 is 57.6. The second kappa shape index (κ2) is 10.1. The summed E-state index contributed by atoms with van der Waals surface area (Å²) in [4.78, 5) is 11.2. The van der Waals surface area contributed by atoms with Crippen molar-refractivity contribution >= 4 is 21.8 Å². The highest BCUT2D eigenvalue weighted by atomic mass is 32.2. The van der Waals surface area contributed by atoms with Crippen LogP contribution in [0.5, 0.6) is 5.88 Å². The zero-order valence-electron chi connectivity index (χ0n) is 21.4. The summed E-state index contributed by atoms with van der Waals surface area (Å²) in [6.45, 7) is 6.09. The van der Waals surface area contributed by atoms with E-state index in [0.29, 0.717) is 22.8 Å². The van der Waals surface area contributed by atoms with Crippen LogP contribution in [-0.2, 0) is 24.3 Å². The number of nitrogens with zero attached hydrogens (tertiary/aromatic N) is 6. The van der Waals surface area contributed by atoms with Crippen molar-refractivity contribution in [2.24, 2.45) is 7.05 Å². The number of hydrogen-bond acceptors (Lipinski definition) is 6. The lowest BCUT2D eigenvalue weighted by molar-refractivity contribution is -0.276. The topological polar surface area (TPSA) is 78.1 Å². The van der Waals surface area contributed by atoms with Crippen LogP contribution < -0.4 is 4.74 Å². The normalized spacial score (nSPS) is 15.8. The molecule has 0 bridgehead atoms. The van der Waals surface area contributed by atoms with Gasteiger partial charge in [-0.25, -0.2) is 9.97 Å². The van der Waals surface area contributed by atoms with Gasteiger partial charge in [-0.15, -0.1) is 13.2 Å². The SMILES string of the molecule is Cn1cc(-n2cc(CCC(C)(C)N3CCS(=O)CC3)c3ccc(-c4cccc(OC(F)(F)F)n4)nc32)cn1. The average molecular weight is 547 g/mol. The summed E-state index contributed by atoms with van der Waals surface area (Å²) in [5.74, 6) is 0.878. The number of rotatable bonds is 7. The minimum absolute atomic E-state index is 0.0659. The smallest absolute Gasteiger partial charge is 0.388 e. The fourth-order valence-corrected chi connectivity index (χ4v) is 5.87. The van der Waals surface area contributed by atoms with Gasteiger partial charge in [0, 0.05) is 71.8 Å². The zero-order chi connectivity index (χ0) is 27.1. The first-order chi connectivity index (χ1) is 18.0. The molecule has 0 atom stereocenters. The van der Waals surface area contributed by atoms with E-state index in [1.54, 1.807) is 23.0 Å². The second-order valence-corrected chi connectivity index (χ2v) is 11.7. The van der Waals surface area contributed by atoms with Crippen LogP contribution in [0.3, 0.4) is 0 Å². The Morgan fingerprint density at radius 1 is 1.03 bits per heavy atom. The largest absolute Gasteiger partial charge is 0.574 e. The molecule has 0 saturated carbocycles. The molecule has 38 heavy (non-hydrogen) atoms. The van der Waals surface area contributed by atoms with Gasteiger partial charge in [-0.05, 0) is 50.5 Å². The third-order valence-corrected chi connectivity index (χ3v) is 8.23. The van der Waals surface area contributed by atoms with Crippen LogP contribution in [0.1, 0.15) is 25.8 Å². The van der Waals surface area contributed by atoms with Gasteiger partial charge in [0.25, 0.3) is 0 Å². The third-order valence-electron chi connectivity index (χ3n) is 6.95. The molecule has 1 aliphatic rings. The Balaban J connectivity index is 1.49. The van der Waals surface area contributed by atoms with E-state index < -0.39 is 23.0 Å². The lowest BCUT2D eigenvalue weighted by atomic mass is 9.93. The summed E-state index contributed by atoms with van der Waals surface area (Å²) in [6.07, 6.45) is 2.54. The number of hydrogen-bond donors (Lipinski definition) is 0. The first-order valence-electron chi connectivity index (χ1n) is 12.3. The Morgan fingerprint density at radius 3 is 2.45 bits per heavy atom. The highest BCUT2D eigenvalue weighted by molar-refractivity contribution is 7.85. The molecule has 12 heteroatoms. The van der Waals surface area contributed by atoms with Crippen molar-refractivity contribution < 1.29 is 22.1 Å². The van der Waals surface area contributed by atoms with Gasteiger partial charge in [-0.3, -0.25) is 18.4 Å². The van der Waals surface area contributed by atoms with E-state index in [1.807, 2.05) is 23.9 Å². The monoisotopic (exact) mass is 546 g/mol. The molecule has 5 heterocycles. The van der Waals surface area contributed by atoms with Gasteiger partial charge in [-0.2, -0.15) is 5.10 Å². The van der Waals surface area contributed by atoms with Crippen LogP contribution in [0.15, 0.2) is 48.9 Å². The van der Waals surface area contributed by atoms with Crippen LogP contribution in [0, 0.1) is 0 Å². The maximum atomic E-state index is 12.7. The number of aromatic nitrogens is 5. The molecular weight excluding hydrogens is 517 g/mol. The minimum atomic E-state index is -4.83. The van der Waals surface area contributed by atoms with E-state index >= 15 is 0 Å². The highest BCUT2D eigenvalue weighted by Crippen LogP contribution is 2.31. The van der Waals surface area contributed by atoms with Crippen molar-refractivity contribution in [2.45, 2.75) is 38.6 Å². The van der Waals surface area contributed by atoms with E-state index in [1.165, 1.54) is 6.07 Å². The molecule has 0 aromatic carbocycles. The van der Waals surface area contributed by atoms with Crippen LogP contribution in [-0.4, -0.2) is 69.9 Å². The van der Waals surface area contributed by atoms with E-state index in [9.17, 15) is 17.4 Å². The van der Waals surface area contributed by atoms with Gasteiger partial charge in [0.15, 0.2) is 0 Å². The number of aryl methyl sites for hydroxylation is 2. The van der Waals surface area contributed by atoms with E-state index in [-0.39, 0.29) is 11.2 Å². The van der Waals surface area contributed by atoms with Crippen molar-refractivity contribution in [1.29, 1.82) is 0 Å². The van der Waals surface area contributed by atoms with Crippen LogP contribution >= 0.6 is 0 Å². The summed E-state index contributed by atoms with van der Waals surface area (Å²) in [5, 5.41) is 5.24. The Morgan fingerprint density at radius 2 is 1.76 bits per heavy atom. The van der Waals surface area contributed by atoms with Crippen molar-refractivity contribution in [3.05, 3.63) is 54.5 Å². The van der Waals surface area contributed by atoms with Gasteiger partial charge in [0.05, 0.1) is 23.3 Å². The molecule has 1 saturated heterocycles. The standard InChI is InChI=1S/C26H29F3N6O2S/c1-25(2,34-11-13-38(36)14-12-34)10-9-18-16-35(19-15-30-33(3)17-19)24-20(18)7-8-22(32-24)21-5-4-6-23(31-21)37-26(27,28)29/h4-8,15-17H,9-14H2,1-3H3.